The summed E-state index contributed by atoms with van der Waals surface area (Å²) in [5.74, 6) is -0.352. The lowest BCUT2D eigenvalue weighted by molar-refractivity contribution is -0.123. The summed E-state index contributed by atoms with van der Waals surface area (Å²) in [4.78, 5) is 58.5. The van der Waals surface area contributed by atoms with Crippen LogP contribution in [0.4, 0.5) is 11.4 Å². The van der Waals surface area contributed by atoms with Crippen LogP contribution in [-0.2, 0) is 14.4 Å². The van der Waals surface area contributed by atoms with E-state index in [-0.39, 0.29) is 52.2 Å². The minimum absolute atomic E-state index is 0.0104. The summed E-state index contributed by atoms with van der Waals surface area (Å²) in [7, 11) is 3.10. The Kier molecular flexibility index (Phi) is 8.17. The molecule has 10 nitrogen and oxygen atoms in total. The van der Waals surface area contributed by atoms with Crippen LogP contribution in [0.2, 0.25) is 10.0 Å². The van der Waals surface area contributed by atoms with Gasteiger partial charge in [0.05, 0.1) is 46.8 Å². The number of hydrogen-bond acceptors (Lipinski definition) is 9. The Morgan fingerprint density at radius 1 is 0.918 bits per heavy atom. The molecule has 2 bridgehead atoms. The van der Waals surface area contributed by atoms with Gasteiger partial charge in [0.15, 0.2) is 18.1 Å². The molecule has 3 heterocycles. The van der Waals surface area contributed by atoms with E-state index in [1.807, 2.05) is 12.1 Å². The van der Waals surface area contributed by atoms with Crippen molar-refractivity contribution in [2.45, 2.75) is 22.6 Å². The number of anilines is 2. The first-order chi connectivity index (χ1) is 23.7. The number of aromatic amines is 1. The highest BCUT2D eigenvalue weighted by atomic mass is 35.5. The Labute approximate surface area is 299 Å². The van der Waals surface area contributed by atoms with E-state index in [9.17, 15) is 19.2 Å². The number of ether oxygens (including phenoxy) is 3. The third-order valence-electron chi connectivity index (χ3n) is 10.2. The van der Waals surface area contributed by atoms with Crippen molar-refractivity contribution in [3.63, 3.8) is 0 Å². The quantitative estimate of drug-likeness (QED) is 0.198. The van der Waals surface area contributed by atoms with Gasteiger partial charge < -0.3 is 24.5 Å². The van der Waals surface area contributed by atoms with Gasteiger partial charge in [-0.15, -0.1) is 11.8 Å². The van der Waals surface area contributed by atoms with Crippen molar-refractivity contribution >= 4 is 75.4 Å². The maximum atomic E-state index is 14.1. The fraction of sp³-hybridized carbons (Fsp3) is 0.314. The zero-order valence-electron chi connectivity index (χ0n) is 26.1. The smallest absolute Gasteiger partial charge is 0.305 e. The van der Waals surface area contributed by atoms with E-state index < -0.39 is 17.7 Å². The minimum Gasteiger partial charge on any atom is -0.497 e. The molecule has 3 aromatic carbocycles. The van der Waals surface area contributed by atoms with Crippen molar-refractivity contribution in [1.82, 2.24) is 4.98 Å². The lowest BCUT2D eigenvalue weighted by Crippen LogP contribution is -2.42. The minimum atomic E-state index is -0.431. The number of hydrogen-bond donors (Lipinski definition) is 2. The summed E-state index contributed by atoms with van der Waals surface area (Å²) in [5.41, 5.74) is 1.94. The van der Waals surface area contributed by atoms with Gasteiger partial charge in [-0.2, -0.15) is 0 Å². The average Bonchev–Trinajstić information content (AvgIpc) is 3.84. The molecule has 2 N–H and O–H groups in total. The van der Waals surface area contributed by atoms with Crippen LogP contribution in [-0.4, -0.2) is 48.8 Å². The molecule has 8 rings (SSSR count). The van der Waals surface area contributed by atoms with Crippen molar-refractivity contribution in [2.75, 3.05) is 31.0 Å². The van der Waals surface area contributed by atoms with E-state index in [1.165, 1.54) is 23.3 Å². The molecule has 252 valence electrons. The molecular formula is C35H29Cl2N3O7S2. The van der Waals surface area contributed by atoms with Crippen LogP contribution in [0.5, 0.6) is 17.2 Å². The lowest BCUT2D eigenvalue weighted by Gasteiger charge is -2.43. The van der Waals surface area contributed by atoms with Gasteiger partial charge in [0.2, 0.25) is 11.8 Å². The number of H-pyrrole nitrogens is 1. The van der Waals surface area contributed by atoms with E-state index in [0.29, 0.717) is 38.7 Å². The van der Waals surface area contributed by atoms with Gasteiger partial charge in [-0.05, 0) is 84.3 Å². The zero-order valence-corrected chi connectivity index (χ0v) is 29.3. The van der Waals surface area contributed by atoms with Gasteiger partial charge in [0, 0.05) is 21.7 Å². The molecule has 3 amide bonds. The molecule has 2 saturated carbocycles. The number of fused-ring (bicyclic) bond motifs is 9. The normalized spacial score (nSPS) is 26.3. The first kappa shape index (κ1) is 32.2. The number of benzene rings is 3. The third-order valence-corrected chi connectivity index (χ3v) is 13.5. The van der Waals surface area contributed by atoms with E-state index in [0.717, 1.165) is 21.9 Å². The molecule has 2 aliphatic carbocycles. The highest BCUT2D eigenvalue weighted by Gasteiger charge is 2.69. The van der Waals surface area contributed by atoms with Gasteiger partial charge in [0.1, 0.15) is 5.75 Å². The predicted octanol–water partition coefficient (Wildman–Crippen LogP) is 6.46. The van der Waals surface area contributed by atoms with Gasteiger partial charge in [-0.1, -0.05) is 40.6 Å². The van der Waals surface area contributed by atoms with E-state index in [1.54, 1.807) is 67.4 Å². The summed E-state index contributed by atoms with van der Waals surface area (Å²) in [6.07, 6.45) is 0.771. The Morgan fingerprint density at radius 2 is 1.67 bits per heavy atom. The summed E-state index contributed by atoms with van der Waals surface area (Å²) in [5, 5.41) is 4.29. The second-order valence-electron chi connectivity index (χ2n) is 12.5. The van der Waals surface area contributed by atoms with Crippen molar-refractivity contribution in [3.05, 3.63) is 90.8 Å². The SMILES string of the molecule is COc1ccc(N2C(=O)[C@H]3[C@H]4C[C@@H]([C@@H]3C2=O)[C@@H]2[C@H](c3ccc(OCC(=O)Nc5ccc(Cl)c(Cl)c5)c(OC)c3)c3sc(=O)[nH]c3S[C@H]42)cc1. The van der Waals surface area contributed by atoms with Crippen molar-refractivity contribution in [3.8, 4) is 17.2 Å². The molecule has 0 spiro atoms. The van der Waals surface area contributed by atoms with Gasteiger partial charge in [-0.25, -0.2) is 0 Å². The van der Waals surface area contributed by atoms with Crippen LogP contribution < -0.4 is 29.3 Å². The van der Waals surface area contributed by atoms with E-state index >= 15 is 0 Å². The largest absolute Gasteiger partial charge is 0.497 e. The fourth-order valence-electron chi connectivity index (χ4n) is 8.29. The number of thiazole rings is 1. The molecule has 0 unspecified atom stereocenters. The predicted molar refractivity (Wildman–Crippen MR) is 188 cm³/mol. The molecule has 1 aromatic heterocycles. The van der Waals surface area contributed by atoms with Crippen LogP contribution in [0.1, 0.15) is 22.8 Å². The molecular weight excluding hydrogens is 709 g/mol. The van der Waals surface area contributed by atoms with Crippen LogP contribution in [0.25, 0.3) is 0 Å². The number of rotatable bonds is 8. The number of nitrogens with one attached hydrogen (secondary N) is 2. The van der Waals surface area contributed by atoms with Crippen LogP contribution in [0, 0.1) is 29.6 Å². The number of carbonyl (C=O) groups is 3. The zero-order chi connectivity index (χ0) is 34.1. The Morgan fingerprint density at radius 3 is 2.39 bits per heavy atom. The molecule has 0 radical (unpaired) electrons. The Balaban J connectivity index is 1.08. The van der Waals surface area contributed by atoms with Crippen molar-refractivity contribution in [1.29, 1.82) is 0 Å². The highest BCUT2D eigenvalue weighted by Crippen LogP contribution is 2.68. The second kappa shape index (κ2) is 12.4. The number of thioether (sulfide) groups is 1. The fourth-order valence-corrected chi connectivity index (χ4v) is 11.5. The van der Waals surface area contributed by atoms with E-state index in [4.69, 9.17) is 37.4 Å². The van der Waals surface area contributed by atoms with Gasteiger partial charge in [-0.3, -0.25) is 24.1 Å². The molecule has 1 saturated heterocycles. The number of aromatic nitrogens is 1. The summed E-state index contributed by atoms with van der Waals surface area (Å²) >= 11 is 14.9. The number of methoxy groups -OCH3 is 2. The lowest BCUT2D eigenvalue weighted by atomic mass is 9.68. The number of imide groups is 1. The van der Waals surface area contributed by atoms with Gasteiger partial charge in [0.25, 0.3) is 5.91 Å². The van der Waals surface area contributed by atoms with Gasteiger partial charge >= 0.3 is 4.87 Å². The van der Waals surface area contributed by atoms with Crippen molar-refractivity contribution < 1.29 is 28.6 Å². The van der Waals surface area contributed by atoms with Crippen molar-refractivity contribution in [2.24, 2.45) is 29.6 Å². The molecule has 7 atom stereocenters. The summed E-state index contributed by atoms with van der Waals surface area (Å²) in [6, 6.07) is 17.4. The van der Waals surface area contributed by atoms with Crippen LogP contribution in [0.3, 0.4) is 0 Å². The second-order valence-corrected chi connectivity index (χ2v) is 15.6. The number of carbonyl (C=O) groups excluding carboxylic acids is 3. The summed E-state index contributed by atoms with van der Waals surface area (Å²) in [6.45, 7) is -0.280. The molecule has 49 heavy (non-hydrogen) atoms. The maximum Gasteiger partial charge on any atom is 0.305 e. The molecule has 4 aromatic rings. The molecule has 2 aliphatic heterocycles. The first-order valence-electron chi connectivity index (χ1n) is 15.6. The number of amides is 3. The maximum absolute atomic E-state index is 14.1. The average molecular weight is 739 g/mol. The van der Waals surface area contributed by atoms with E-state index in [2.05, 4.69) is 10.3 Å². The highest BCUT2D eigenvalue weighted by molar-refractivity contribution is 8.00. The molecule has 3 fully saturated rings. The first-order valence-corrected chi connectivity index (χ1v) is 18.1. The third kappa shape index (κ3) is 5.31. The standard InChI is InChI=1S/C35H29Cl2N3O7S2/c1-45-18-7-5-17(6-8-18)40-33(42)28-19-13-20(29(28)34(40)43)30-27(19)26(31-32(48-30)39-35(44)49-31)15-3-10-23(24(11-15)46-2)47-14-25(41)38-16-4-9-21(36)22(37)12-16/h3-12,19-20,26-30H,13-14H2,1-2H3,(H,38,41)(H,39,44)/t19-,20-,26+,27-,28+,29+,30-/m1/s1. The molecule has 14 heteroatoms. The monoisotopic (exact) mass is 737 g/mol. The topological polar surface area (TPSA) is 127 Å². The Hall–Kier alpha value is -3.97. The van der Waals surface area contributed by atoms with Crippen LogP contribution in [0.15, 0.2) is 70.5 Å². The van der Waals surface area contributed by atoms with Crippen LogP contribution >= 0.6 is 46.3 Å². The Bertz CT molecular complexity index is 2070. The molecule has 4 aliphatic rings. The number of halogens is 2. The summed E-state index contributed by atoms with van der Waals surface area (Å²) < 4.78 is 16.9. The number of nitrogens with zero attached hydrogens (tertiary/aromatic N) is 1.